The first-order valence-corrected chi connectivity index (χ1v) is 9.31. The van der Waals surface area contributed by atoms with Crippen molar-refractivity contribution in [2.45, 2.75) is 37.2 Å². The van der Waals surface area contributed by atoms with Crippen LogP contribution in [0, 0.1) is 6.92 Å². The van der Waals surface area contributed by atoms with E-state index in [0.717, 1.165) is 22.8 Å². The molecule has 1 aromatic rings. The summed E-state index contributed by atoms with van der Waals surface area (Å²) in [6.45, 7) is 5.18. The number of hydrogen-bond acceptors (Lipinski definition) is 5. The summed E-state index contributed by atoms with van der Waals surface area (Å²) < 4.78 is 27.0. The van der Waals surface area contributed by atoms with E-state index in [1.165, 1.54) is 24.2 Å². The summed E-state index contributed by atoms with van der Waals surface area (Å²) >= 11 is 1.48. The first-order chi connectivity index (χ1) is 9.52. The highest BCUT2D eigenvalue weighted by molar-refractivity contribution is 7.89. The lowest BCUT2D eigenvalue weighted by molar-refractivity contribution is 0.180. The van der Waals surface area contributed by atoms with E-state index in [1.807, 2.05) is 6.92 Å². The van der Waals surface area contributed by atoms with Gasteiger partial charge < -0.3 is 5.73 Å². The van der Waals surface area contributed by atoms with Gasteiger partial charge in [0.05, 0.1) is 4.90 Å². The van der Waals surface area contributed by atoms with Crippen molar-refractivity contribution in [2.24, 2.45) is 5.73 Å². The Labute approximate surface area is 124 Å². The van der Waals surface area contributed by atoms with Crippen molar-refractivity contribution in [3.8, 4) is 0 Å². The van der Waals surface area contributed by atoms with E-state index < -0.39 is 10.0 Å². The molecule has 0 atom stereocenters. The van der Waals surface area contributed by atoms with E-state index in [2.05, 4.69) is 4.90 Å². The molecule has 1 saturated carbocycles. The van der Waals surface area contributed by atoms with Crippen LogP contribution in [0.5, 0.6) is 0 Å². The summed E-state index contributed by atoms with van der Waals surface area (Å²) in [6, 6.07) is 2.45. The molecule has 112 valence electrons. The molecule has 1 aliphatic heterocycles. The number of thiophene rings is 1. The third-order valence-electron chi connectivity index (χ3n) is 4.08. The minimum Gasteiger partial charge on any atom is -0.326 e. The van der Waals surface area contributed by atoms with Crippen molar-refractivity contribution in [2.75, 3.05) is 26.2 Å². The molecule has 0 unspecified atom stereocenters. The highest BCUT2D eigenvalue weighted by Gasteiger charge is 2.35. The maximum Gasteiger partial charge on any atom is 0.244 e. The second kappa shape index (κ2) is 5.38. The van der Waals surface area contributed by atoms with Crippen LogP contribution in [0.4, 0.5) is 0 Å². The van der Waals surface area contributed by atoms with E-state index in [1.54, 1.807) is 10.4 Å². The fourth-order valence-corrected chi connectivity index (χ4v) is 5.67. The lowest BCUT2D eigenvalue weighted by atomic mass is 10.3. The molecule has 20 heavy (non-hydrogen) atoms. The second-order valence-electron chi connectivity index (χ2n) is 5.51. The molecule has 2 heterocycles. The minimum absolute atomic E-state index is 0.399. The molecule has 0 aromatic carbocycles. The molecule has 2 N–H and O–H groups in total. The molecule has 5 nitrogen and oxygen atoms in total. The van der Waals surface area contributed by atoms with Crippen LogP contribution in [0.3, 0.4) is 0 Å². The van der Waals surface area contributed by atoms with Crippen LogP contribution in [0.15, 0.2) is 11.0 Å². The molecular formula is C13H21N3O2S2. The van der Waals surface area contributed by atoms with Gasteiger partial charge in [-0.2, -0.15) is 4.31 Å². The Morgan fingerprint density at radius 1 is 1.30 bits per heavy atom. The zero-order valence-electron chi connectivity index (χ0n) is 11.7. The van der Waals surface area contributed by atoms with Gasteiger partial charge in [-0.05, 0) is 25.8 Å². The molecule has 3 rings (SSSR count). The quantitative estimate of drug-likeness (QED) is 0.899. The number of sulfonamides is 1. The van der Waals surface area contributed by atoms with Crippen LogP contribution < -0.4 is 5.73 Å². The smallest absolute Gasteiger partial charge is 0.244 e. The van der Waals surface area contributed by atoms with Crippen molar-refractivity contribution in [1.82, 2.24) is 9.21 Å². The molecule has 7 heteroatoms. The molecule has 1 saturated heterocycles. The van der Waals surface area contributed by atoms with Crippen molar-refractivity contribution in [1.29, 1.82) is 0 Å². The Balaban J connectivity index is 1.76. The maximum absolute atomic E-state index is 12.7. The SMILES string of the molecule is Cc1sc(CN)cc1S(=O)(=O)N1CCN(C2CC2)CC1. The number of piperazine rings is 1. The van der Waals surface area contributed by atoms with Crippen LogP contribution in [0.2, 0.25) is 0 Å². The minimum atomic E-state index is -3.35. The van der Waals surface area contributed by atoms with E-state index in [-0.39, 0.29) is 0 Å². The van der Waals surface area contributed by atoms with Gasteiger partial charge in [-0.3, -0.25) is 4.90 Å². The van der Waals surface area contributed by atoms with Crippen LogP contribution >= 0.6 is 11.3 Å². The van der Waals surface area contributed by atoms with E-state index in [4.69, 9.17) is 5.73 Å². The molecule has 1 aliphatic carbocycles. The zero-order valence-corrected chi connectivity index (χ0v) is 13.3. The van der Waals surface area contributed by atoms with Gasteiger partial charge in [0.1, 0.15) is 0 Å². The first kappa shape index (κ1) is 14.5. The number of rotatable bonds is 4. The summed E-state index contributed by atoms with van der Waals surface area (Å²) in [5.41, 5.74) is 5.61. The summed E-state index contributed by atoms with van der Waals surface area (Å²) in [5, 5.41) is 0. The van der Waals surface area contributed by atoms with Crippen LogP contribution in [-0.4, -0.2) is 49.8 Å². The summed E-state index contributed by atoms with van der Waals surface area (Å²) in [7, 11) is -3.35. The number of aryl methyl sites for hydroxylation is 1. The lowest BCUT2D eigenvalue weighted by Gasteiger charge is -2.34. The standard InChI is InChI=1S/C13H21N3O2S2/c1-10-13(8-12(9-14)19-10)20(17,18)16-6-4-15(5-7-16)11-2-3-11/h8,11H,2-7,9,14H2,1H3. The van der Waals surface area contributed by atoms with Gasteiger partial charge >= 0.3 is 0 Å². The third-order valence-corrected chi connectivity index (χ3v) is 7.31. The molecule has 2 aliphatic rings. The Morgan fingerprint density at radius 3 is 2.45 bits per heavy atom. The molecule has 0 amide bonds. The van der Waals surface area contributed by atoms with Gasteiger partial charge in [0, 0.05) is 48.5 Å². The van der Waals surface area contributed by atoms with E-state index >= 15 is 0 Å². The van der Waals surface area contributed by atoms with Crippen molar-refractivity contribution < 1.29 is 8.42 Å². The third kappa shape index (κ3) is 2.65. The van der Waals surface area contributed by atoms with Gasteiger partial charge in [0.15, 0.2) is 0 Å². The van der Waals surface area contributed by atoms with Crippen molar-refractivity contribution in [3.63, 3.8) is 0 Å². The Morgan fingerprint density at radius 2 is 1.95 bits per heavy atom. The normalized spacial score (nSPS) is 22.3. The number of nitrogens with two attached hydrogens (primary N) is 1. The van der Waals surface area contributed by atoms with E-state index in [9.17, 15) is 8.42 Å². The Bertz CT molecular complexity index is 585. The van der Waals surface area contributed by atoms with Gasteiger partial charge in [0.25, 0.3) is 0 Å². The predicted octanol–water partition coefficient (Wildman–Crippen LogP) is 0.984. The monoisotopic (exact) mass is 315 g/mol. The molecular weight excluding hydrogens is 294 g/mol. The molecule has 2 fully saturated rings. The van der Waals surface area contributed by atoms with Crippen LogP contribution in [-0.2, 0) is 16.6 Å². The number of nitrogens with zero attached hydrogens (tertiary/aromatic N) is 2. The lowest BCUT2D eigenvalue weighted by Crippen LogP contribution is -2.49. The molecule has 0 radical (unpaired) electrons. The Hall–Kier alpha value is -0.470. The van der Waals surface area contributed by atoms with Gasteiger partial charge in [0.2, 0.25) is 10.0 Å². The fraction of sp³-hybridized carbons (Fsp3) is 0.692. The highest BCUT2D eigenvalue weighted by atomic mass is 32.2. The van der Waals surface area contributed by atoms with Crippen LogP contribution in [0.25, 0.3) is 0 Å². The van der Waals surface area contributed by atoms with E-state index in [0.29, 0.717) is 30.6 Å². The summed E-state index contributed by atoms with van der Waals surface area (Å²) in [6.07, 6.45) is 2.55. The maximum atomic E-state index is 12.7. The van der Waals surface area contributed by atoms with Crippen LogP contribution in [0.1, 0.15) is 22.6 Å². The van der Waals surface area contributed by atoms with Crippen molar-refractivity contribution in [3.05, 3.63) is 15.8 Å². The number of hydrogen-bond donors (Lipinski definition) is 1. The average Bonchev–Trinajstić information content (AvgIpc) is 3.21. The van der Waals surface area contributed by atoms with Crippen molar-refractivity contribution >= 4 is 21.4 Å². The topological polar surface area (TPSA) is 66.6 Å². The van der Waals surface area contributed by atoms with Gasteiger partial charge in [-0.25, -0.2) is 8.42 Å². The largest absolute Gasteiger partial charge is 0.326 e. The molecule has 1 aromatic heterocycles. The molecule has 0 spiro atoms. The first-order valence-electron chi connectivity index (χ1n) is 7.06. The average molecular weight is 315 g/mol. The second-order valence-corrected chi connectivity index (χ2v) is 8.76. The highest BCUT2D eigenvalue weighted by Crippen LogP contribution is 2.31. The summed E-state index contributed by atoms with van der Waals surface area (Å²) in [4.78, 5) is 4.63. The Kier molecular flexibility index (Phi) is 3.89. The predicted molar refractivity (Wildman–Crippen MR) is 80.3 cm³/mol. The van der Waals surface area contributed by atoms with Gasteiger partial charge in [-0.15, -0.1) is 11.3 Å². The zero-order chi connectivity index (χ0) is 14.3. The fourth-order valence-electron chi connectivity index (χ4n) is 2.77. The van der Waals surface area contributed by atoms with Gasteiger partial charge in [-0.1, -0.05) is 0 Å². The molecule has 0 bridgehead atoms. The summed E-state index contributed by atoms with van der Waals surface area (Å²) in [5.74, 6) is 0.